The van der Waals surface area contributed by atoms with Gasteiger partial charge in [0.2, 0.25) is 0 Å². The molecule has 0 amide bonds. The van der Waals surface area contributed by atoms with Crippen molar-refractivity contribution in [3.8, 4) is 11.5 Å². The first-order chi connectivity index (χ1) is 10.4. The second-order valence-corrected chi connectivity index (χ2v) is 5.82. The number of methoxy groups -OCH3 is 1. The van der Waals surface area contributed by atoms with Gasteiger partial charge in [-0.1, -0.05) is 0 Å². The number of hydrogen-bond acceptors (Lipinski definition) is 5. The van der Waals surface area contributed by atoms with Gasteiger partial charge >= 0.3 is 5.97 Å². The van der Waals surface area contributed by atoms with E-state index in [1.54, 1.807) is 12.1 Å². The molecule has 2 rings (SSSR count). The Morgan fingerprint density at radius 2 is 1.68 bits per heavy atom. The van der Waals surface area contributed by atoms with Gasteiger partial charge in [0, 0.05) is 12.1 Å². The highest BCUT2D eigenvalue weighted by atomic mass is 79.9. The highest BCUT2D eigenvalue weighted by Crippen LogP contribution is 2.38. The summed E-state index contributed by atoms with van der Waals surface area (Å²) in [7, 11) is 1.30. The molecule has 0 radical (unpaired) electrons. The second kappa shape index (κ2) is 6.89. The zero-order valence-electron chi connectivity index (χ0n) is 11.2. The van der Waals surface area contributed by atoms with Crippen molar-refractivity contribution in [3.05, 3.63) is 61.0 Å². The Hall–Kier alpha value is -1.93. The van der Waals surface area contributed by atoms with Crippen molar-refractivity contribution in [1.82, 2.24) is 0 Å². The van der Waals surface area contributed by atoms with Crippen LogP contribution < -0.4 is 4.74 Å². The molecule has 0 aliphatic carbocycles. The van der Waals surface area contributed by atoms with E-state index in [4.69, 9.17) is 4.74 Å². The Morgan fingerprint density at radius 1 is 1.14 bits per heavy atom. The molecule has 0 heterocycles. The van der Waals surface area contributed by atoms with Crippen LogP contribution in [0.15, 0.2) is 45.3 Å². The summed E-state index contributed by atoms with van der Waals surface area (Å²) in [6.07, 6.45) is 0. The number of nitro benzene ring substituents is 1. The van der Waals surface area contributed by atoms with Gasteiger partial charge in [0.1, 0.15) is 5.75 Å². The minimum atomic E-state index is -0.485. The first kappa shape index (κ1) is 16.4. The van der Waals surface area contributed by atoms with Crippen LogP contribution in [0.4, 0.5) is 5.69 Å². The summed E-state index contributed by atoms with van der Waals surface area (Å²) in [4.78, 5) is 21.6. The van der Waals surface area contributed by atoms with Crippen molar-refractivity contribution in [1.29, 1.82) is 0 Å². The summed E-state index contributed by atoms with van der Waals surface area (Å²) in [6, 6.07) is 8.81. The molecule has 0 fully saturated rings. The van der Waals surface area contributed by atoms with Crippen molar-refractivity contribution in [2.75, 3.05) is 7.11 Å². The zero-order valence-corrected chi connectivity index (χ0v) is 14.4. The number of rotatable bonds is 4. The number of hydrogen-bond donors (Lipinski definition) is 0. The van der Waals surface area contributed by atoms with Crippen molar-refractivity contribution in [2.24, 2.45) is 0 Å². The van der Waals surface area contributed by atoms with Crippen LogP contribution in [0.1, 0.15) is 10.4 Å². The normalized spacial score (nSPS) is 10.1. The van der Waals surface area contributed by atoms with E-state index < -0.39 is 10.9 Å². The van der Waals surface area contributed by atoms with Crippen LogP contribution in [-0.2, 0) is 4.74 Å². The van der Waals surface area contributed by atoms with Gasteiger partial charge in [0.15, 0.2) is 5.75 Å². The lowest BCUT2D eigenvalue weighted by molar-refractivity contribution is -0.384. The van der Waals surface area contributed by atoms with Crippen LogP contribution in [0.3, 0.4) is 0 Å². The third-order valence-electron chi connectivity index (χ3n) is 2.69. The quantitative estimate of drug-likeness (QED) is 0.399. The molecule has 2 aromatic rings. The average Bonchev–Trinajstić information content (AvgIpc) is 2.50. The highest BCUT2D eigenvalue weighted by Gasteiger charge is 2.15. The molecule has 114 valence electrons. The van der Waals surface area contributed by atoms with Gasteiger partial charge in [0.05, 0.1) is 26.5 Å². The van der Waals surface area contributed by atoms with Crippen LogP contribution in [0.5, 0.6) is 11.5 Å². The van der Waals surface area contributed by atoms with Gasteiger partial charge in [-0.3, -0.25) is 10.1 Å². The minimum absolute atomic E-state index is 0.0217. The Labute approximate surface area is 142 Å². The van der Waals surface area contributed by atoms with Gasteiger partial charge in [-0.2, -0.15) is 0 Å². The van der Waals surface area contributed by atoms with E-state index in [1.165, 1.54) is 31.4 Å². The van der Waals surface area contributed by atoms with Crippen molar-refractivity contribution < 1.29 is 19.2 Å². The summed E-state index contributed by atoms with van der Waals surface area (Å²) in [5.41, 5.74) is 0.337. The molecule has 22 heavy (non-hydrogen) atoms. The molecular formula is C14H9Br2NO5. The maximum atomic E-state index is 11.5. The molecule has 0 N–H and O–H groups in total. The lowest BCUT2D eigenvalue weighted by Crippen LogP contribution is -2.01. The van der Waals surface area contributed by atoms with E-state index in [0.717, 1.165) is 0 Å². The molecular weight excluding hydrogens is 422 g/mol. The first-order valence-corrected chi connectivity index (χ1v) is 7.50. The van der Waals surface area contributed by atoms with E-state index in [9.17, 15) is 14.9 Å². The summed E-state index contributed by atoms with van der Waals surface area (Å²) in [6.45, 7) is 0. The smallest absolute Gasteiger partial charge is 0.337 e. The third kappa shape index (κ3) is 3.63. The Bertz CT molecular complexity index is 708. The van der Waals surface area contributed by atoms with Gasteiger partial charge < -0.3 is 9.47 Å². The van der Waals surface area contributed by atoms with Crippen molar-refractivity contribution in [3.63, 3.8) is 0 Å². The van der Waals surface area contributed by atoms with Crippen LogP contribution in [0.2, 0.25) is 0 Å². The van der Waals surface area contributed by atoms with E-state index in [0.29, 0.717) is 26.0 Å². The Balaban J connectivity index is 2.29. The molecule has 0 aliphatic heterocycles. The number of ether oxygens (including phenoxy) is 2. The van der Waals surface area contributed by atoms with Crippen molar-refractivity contribution in [2.45, 2.75) is 0 Å². The lowest BCUT2D eigenvalue weighted by Gasteiger charge is -2.11. The fourth-order valence-electron chi connectivity index (χ4n) is 1.65. The standard InChI is InChI=1S/C14H9Br2NO5/c1-21-14(18)8-6-11(15)13(12(16)7-8)22-10-4-2-9(3-5-10)17(19)20/h2-7H,1H3. The predicted octanol–water partition coefficient (Wildman–Crippen LogP) is 4.70. The largest absolute Gasteiger partial charge is 0.465 e. The van der Waals surface area contributed by atoms with E-state index in [1.807, 2.05) is 0 Å². The van der Waals surface area contributed by atoms with E-state index in [-0.39, 0.29) is 5.69 Å². The van der Waals surface area contributed by atoms with E-state index >= 15 is 0 Å². The van der Waals surface area contributed by atoms with Gasteiger partial charge in [-0.15, -0.1) is 0 Å². The monoisotopic (exact) mass is 429 g/mol. The number of nitro groups is 1. The molecule has 0 unspecified atom stereocenters. The molecule has 8 heteroatoms. The maximum Gasteiger partial charge on any atom is 0.337 e. The molecule has 0 saturated heterocycles. The fourth-order valence-corrected chi connectivity index (χ4v) is 3.00. The number of esters is 1. The number of non-ortho nitro benzene ring substituents is 1. The van der Waals surface area contributed by atoms with Crippen LogP contribution in [-0.4, -0.2) is 18.0 Å². The molecule has 6 nitrogen and oxygen atoms in total. The van der Waals surface area contributed by atoms with Crippen molar-refractivity contribution >= 4 is 43.5 Å². The third-order valence-corrected chi connectivity index (χ3v) is 3.86. The van der Waals surface area contributed by atoms with Crippen LogP contribution in [0.25, 0.3) is 0 Å². The average molecular weight is 431 g/mol. The molecule has 0 spiro atoms. The fraction of sp³-hybridized carbons (Fsp3) is 0.0714. The number of carbonyl (C=O) groups is 1. The van der Waals surface area contributed by atoms with Gasteiger partial charge in [-0.25, -0.2) is 4.79 Å². The van der Waals surface area contributed by atoms with Crippen LogP contribution in [0, 0.1) is 10.1 Å². The van der Waals surface area contributed by atoms with E-state index in [2.05, 4.69) is 36.6 Å². The molecule has 2 aromatic carbocycles. The predicted molar refractivity (Wildman–Crippen MR) is 86.4 cm³/mol. The number of halogens is 2. The number of carbonyl (C=O) groups excluding carboxylic acids is 1. The zero-order chi connectivity index (χ0) is 16.3. The molecule has 0 atom stereocenters. The Kier molecular flexibility index (Phi) is 5.15. The molecule has 0 aliphatic rings. The molecule has 0 saturated carbocycles. The lowest BCUT2D eigenvalue weighted by atomic mass is 10.2. The summed E-state index contributed by atoms with van der Waals surface area (Å²) >= 11 is 6.64. The minimum Gasteiger partial charge on any atom is -0.465 e. The molecule has 0 aromatic heterocycles. The van der Waals surface area contributed by atoms with Gasteiger partial charge in [0.25, 0.3) is 5.69 Å². The molecule has 0 bridgehead atoms. The topological polar surface area (TPSA) is 78.7 Å². The summed E-state index contributed by atoms with van der Waals surface area (Å²) < 4.78 is 11.4. The number of benzene rings is 2. The summed E-state index contributed by atoms with van der Waals surface area (Å²) in [5, 5.41) is 10.6. The maximum absolute atomic E-state index is 11.5. The second-order valence-electron chi connectivity index (χ2n) is 4.11. The number of nitrogens with zero attached hydrogens (tertiary/aromatic N) is 1. The van der Waals surface area contributed by atoms with Gasteiger partial charge in [-0.05, 0) is 56.1 Å². The first-order valence-electron chi connectivity index (χ1n) is 5.92. The van der Waals surface area contributed by atoms with Crippen LogP contribution >= 0.6 is 31.9 Å². The summed E-state index contributed by atoms with van der Waals surface area (Å²) in [5.74, 6) is 0.405. The SMILES string of the molecule is COC(=O)c1cc(Br)c(Oc2ccc([N+](=O)[O-])cc2)c(Br)c1. The Morgan fingerprint density at radius 3 is 2.14 bits per heavy atom. The highest BCUT2D eigenvalue weighted by molar-refractivity contribution is 9.11.